The van der Waals surface area contributed by atoms with Gasteiger partial charge in [0.05, 0.1) is 29.5 Å². The number of hydrogen-bond donors (Lipinski definition) is 0. The van der Waals surface area contributed by atoms with Crippen LogP contribution < -0.4 is 9.80 Å². The Morgan fingerprint density at radius 2 is 2.00 bits per heavy atom. The predicted octanol–water partition coefficient (Wildman–Crippen LogP) is 2.99. The van der Waals surface area contributed by atoms with Crippen molar-refractivity contribution in [2.45, 2.75) is 13.3 Å². The van der Waals surface area contributed by atoms with Gasteiger partial charge < -0.3 is 14.5 Å². The smallest absolute Gasteiger partial charge is 0.339 e. The summed E-state index contributed by atoms with van der Waals surface area (Å²) < 4.78 is 19.3. The van der Waals surface area contributed by atoms with Crippen LogP contribution in [0.1, 0.15) is 29.3 Å². The van der Waals surface area contributed by atoms with Gasteiger partial charge in [-0.05, 0) is 43.7 Å². The number of nitriles is 1. The van der Waals surface area contributed by atoms with E-state index >= 15 is 0 Å². The van der Waals surface area contributed by atoms with E-state index in [4.69, 9.17) is 10.00 Å². The summed E-state index contributed by atoms with van der Waals surface area (Å²) in [5, 5.41) is 8.88. The largest absolute Gasteiger partial charge is 0.462 e. The molecule has 0 amide bonds. The van der Waals surface area contributed by atoms with Crippen LogP contribution in [0.15, 0.2) is 36.5 Å². The van der Waals surface area contributed by atoms with Crippen LogP contribution in [0.3, 0.4) is 0 Å². The molecule has 1 aliphatic rings. The molecular formula is C20H21FN4O2. The third kappa shape index (κ3) is 4.34. The third-order valence-corrected chi connectivity index (χ3v) is 4.50. The Bertz CT molecular complexity index is 848. The Labute approximate surface area is 157 Å². The molecule has 0 N–H and O–H groups in total. The highest BCUT2D eigenvalue weighted by molar-refractivity contribution is 5.89. The predicted molar refractivity (Wildman–Crippen MR) is 100 cm³/mol. The number of esters is 1. The number of halogens is 1. The lowest BCUT2D eigenvalue weighted by atomic mass is 10.2. The van der Waals surface area contributed by atoms with Crippen molar-refractivity contribution in [1.29, 1.82) is 5.26 Å². The van der Waals surface area contributed by atoms with E-state index in [-0.39, 0.29) is 11.8 Å². The summed E-state index contributed by atoms with van der Waals surface area (Å²) in [4.78, 5) is 20.2. The first-order valence-electron chi connectivity index (χ1n) is 8.95. The Kier molecular flexibility index (Phi) is 5.87. The summed E-state index contributed by atoms with van der Waals surface area (Å²) in [5.74, 6) is 0.0273. The minimum absolute atomic E-state index is 0.318. The molecule has 0 saturated carbocycles. The lowest BCUT2D eigenvalue weighted by Gasteiger charge is -2.24. The van der Waals surface area contributed by atoms with Gasteiger partial charge in [-0.3, -0.25) is 0 Å². The van der Waals surface area contributed by atoms with Gasteiger partial charge in [0, 0.05) is 32.4 Å². The van der Waals surface area contributed by atoms with Crippen LogP contribution in [0.5, 0.6) is 0 Å². The number of anilines is 2. The van der Waals surface area contributed by atoms with E-state index in [0.29, 0.717) is 36.5 Å². The van der Waals surface area contributed by atoms with Crippen molar-refractivity contribution < 1.29 is 13.9 Å². The summed E-state index contributed by atoms with van der Waals surface area (Å²) in [7, 11) is 0. The van der Waals surface area contributed by atoms with Crippen molar-refractivity contribution in [1.82, 2.24) is 4.98 Å². The molecule has 3 rings (SSSR count). The van der Waals surface area contributed by atoms with Crippen LogP contribution in [-0.2, 0) is 4.74 Å². The molecule has 0 unspecified atom stereocenters. The van der Waals surface area contributed by atoms with Crippen molar-refractivity contribution in [2.24, 2.45) is 0 Å². The van der Waals surface area contributed by atoms with E-state index < -0.39 is 0 Å². The van der Waals surface area contributed by atoms with Gasteiger partial charge in [0.1, 0.15) is 11.6 Å². The van der Waals surface area contributed by atoms with Crippen molar-refractivity contribution in [2.75, 3.05) is 42.6 Å². The van der Waals surface area contributed by atoms with E-state index in [1.807, 2.05) is 17.0 Å². The lowest BCUT2D eigenvalue weighted by molar-refractivity contribution is 0.0526. The average molecular weight is 368 g/mol. The molecule has 1 saturated heterocycles. The molecule has 1 aromatic carbocycles. The molecule has 7 heteroatoms. The summed E-state index contributed by atoms with van der Waals surface area (Å²) >= 11 is 0. The zero-order chi connectivity index (χ0) is 19.2. The van der Waals surface area contributed by atoms with Crippen LogP contribution in [0.4, 0.5) is 15.9 Å². The van der Waals surface area contributed by atoms with E-state index in [9.17, 15) is 9.18 Å². The zero-order valence-electron chi connectivity index (χ0n) is 15.2. The van der Waals surface area contributed by atoms with E-state index in [1.165, 1.54) is 12.3 Å². The van der Waals surface area contributed by atoms with Gasteiger partial charge in [-0.2, -0.15) is 5.26 Å². The van der Waals surface area contributed by atoms with E-state index in [2.05, 4.69) is 9.88 Å². The highest BCUT2D eigenvalue weighted by Gasteiger charge is 2.19. The van der Waals surface area contributed by atoms with Crippen LogP contribution in [0.2, 0.25) is 0 Å². The average Bonchev–Trinajstić information content (AvgIpc) is 2.94. The van der Waals surface area contributed by atoms with Gasteiger partial charge in [0.15, 0.2) is 0 Å². The number of aromatic nitrogens is 1. The highest BCUT2D eigenvalue weighted by Crippen LogP contribution is 2.23. The maximum atomic E-state index is 14.3. The SMILES string of the molecule is CCOC(=O)c1ccc(N2CCCN(c3ccc(C#N)cc3F)CC2)nc1. The van der Waals surface area contributed by atoms with Crippen LogP contribution in [0.25, 0.3) is 0 Å². The van der Waals surface area contributed by atoms with Crippen LogP contribution >= 0.6 is 0 Å². The number of hydrogen-bond acceptors (Lipinski definition) is 6. The maximum absolute atomic E-state index is 14.3. The summed E-state index contributed by atoms with van der Waals surface area (Å²) in [6.45, 7) is 4.93. The Morgan fingerprint density at radius 1 is 1.22 bits per heavy atom. The lowest BCUT2D eigenvalue weighted by Crippen LogP contribution is -2.31. The maximum Gasteiger partial charge on any atom is 0.339 e. The molecule has 2 heterocycles. The fraction of sp³-hybridized carbons (Fsp3) is 0.350. The van der Waals surface area contributed by atoms with Crippen molar-refractivity contribution in [3.63, 3.8) is 0 Å². The Morgan fingerprint density at radius 3 is 2.67 bits per heavy atom. The molecule has 1 aromatic heterocycles. The van der Waals surface area contributed by atoms with E-state index in [0.717, 1.165) is 25.3 Å². The summed E-state index contributed by atoms with van der Waals surface area (Å²) in [6.07, 6.45) is 2.37. The zero-order valence-corrected chi connectivity index (χ0v) is 15.2. The first-order chi connectivity index (χ1) is 13.1. The number of carbonyl (C=O) groups excluding carboxylic acids is 1. The molecule has 6 nitrogen and oxygen atoms in total. The second-order valence-electron chi connectivity index (χ2n) is 6.23. The molecule has 0 atom stereocenters. The number of nitrogens with zero attached hydrogens (tertiary/aromatic N) is 4. The fourth-order valence-electron chi connectivity index (χ4n) is 3.13. The number of ether oxygens (including phenoxy) is 1. The van der Waals surface area contributed by atoms with Crippen LogP contribution in [0, 0.1) is 17.1 Å². The minimum atomic E-state index is -0.380. The molecule has 140 valence electrons. The number of carbonyl (C=O) groups is 1. The second kappa shape index (κ2) is 8.49. The first-order valence-corrected chi connectivity index (χ1v) is 8.95. The second-order valence-corrected chi connectivity index (χ2v) is 6.23. The molecule has 1 fully saturated rings. The molecular weight excluding hydrogens is 347 g/mol. The number of rotatable bonds is 4. The molecule has 0 radical (unpaired) electrons. The third-order valence-electron chi connectivity index (χ3n) is 4.50. The van der Waals surface area contributed by atoms with Gasteiger partial charge in [-0.25, -0.2) is 14.2 Å². The summed E-state index contributed by atoms with van der Waals surface area (Å²) in [5.41, 5.74) is 1.26. The molecule has 0 spiro atoms. The highest BCUT2D eigenvalue weighted by atomic mass is 19.1. The van der Waals surface area contributed by atoms with Crippen LogP contribution in [-0.4, -0.2) is 43.7 Å². The standard InChI is InChI=1S/C20H21FN4O2/c1-2-27-20(26)16-5-7-19(23-14-16)25-9-3-8-24(10-11-25)18-6-4-15(13-22)12-17(18)21/h4-7,12,14H,2-3,8-11H2,1H3. The van der Waals surface area contributed by atoms with Crippen molar-refractivity contribution >= 4 is 17.5 Å². The van der Waals surface area contributed by atoms with Crippen molar-refractivity contribution in [3.05, 3.63) is 53.5 Å². The fourth-order valence-corrected chi connectivity index (χ4v) is 3.13. The topological polar surface area (TPSA) is 69.5 Å². The summed E-state index contributed by atoms with van der Waals surface area (Å²) in [6, 6.07) is 10.0. The Hall–Kier alpha value is -3.14. The molecule has 2 aromatic rings. The minimum Gasteiger partial charge on any atom is -0.462 e. The van der Waals surface area contributed by atoms with Gasteiger partial charge in [-0.1, -0.05) is 0 Å². The van der Waals surface area contributed by atoms with E-state index in [1.54, 1.807) is 25.1 Å². The monoisotopic (exact) mass is 368 g/mol. The van der Waals surface area contributed by atoms with Crippen molar-refractivity contribution in [3.8, 4) is 6.07 Å². The first kappa shape index (κ1) is 18.6. The van der Waals surface area contributed by atoms with Gasteiger partial charge in [0.25, 0.3) is 0 Å². The molecule has 0 aliphatic carbocycles. The van der Waals surface area contributed by atoms with Gasteiger partial charge in [0.2, 0.25) is 0 Å². The quantitative estimate of drug-likeness (QED) is 0.773. The number of pyridine rings is 1. The normalized spacial score (nSPS) is 14.4. The van der Waals surface area contributed by atoms with Gasteiger partial charge in [-0.15, -0.1) is 0 Å². The number of benzene rings is 1. The van der Waals surface area contributed by atoms with Gasteiger partial charge >= 0.3 is 5.97 Å². The molecule has 0 bridgehead atoms. The molecule has 27 heavy (non-hydrogen) atoms. The Balaban J connectivity index is 1.68. The molecule has 1 aliphatic heterocycles.